The van der Waals surface area contributed by atoms with Crippen LogP contribution in [0.4, 0.5) is 11.4 Å². The van der Waals surface area contributed by atoms with Crippen LogP contribution in [0.3, 0.4) is 0 Å². The monoisotopic (exact) mass is 466 g/mol. The average molecular weight is 467 g/mol. The van der Waals surface area contributed by atoms with Gasteiger partial charge in [0.25, 0.3) is 0 Å². The molecule has 2 aromatic carbocycles. The second-order valence-electron chi connectivity index (χ2n) is 8.20. The number of nitrogens with zero attached hydrogens (tertiary/aromatic N) is 6. The van der Waals surface area contributed by atoms with Gasteiger partial charge in [-0.1, -0.05) is 6.07 Å². The van der Waals surface area contributed by atoms with Crippen molar-refractivity contribution < 1.29 is 9.47 Å². The summed E-state index contributed by atoms with van der Waals surface area (Å²) in [7, 11) is 5.18. The van der Waals surface area contributed by atoms with Gasteiger partial charge in [0.05, 0.1) is 55.1 Å². The quantitative estimate of drug-likeness (QED) is 0.320. The maximum Gasteiger partial charge on any atom is 0.124 e. The van der Waals surface area contributed by atoms with Crippen molar-refractivity contribution in [3.8, 4) is 22.8 Å². The van der Waals surface area contributed by atoms with Crippen LogP contribution in [0, 0.1) is 0 Å². The van der Waals surface area contributed by atoms with E-state index in [1.807, 2.05) is 74.0 Å². The van der Waals surface area contributed by atoms with Gasteiger partial charge in [-0.3, -0.25) is 14.6 Å². The van der Waals surface area contributed by atoms with E-state index in [-0.39, 0.29) is 6.04 Å². The lowest BCUT2D eigenvalue weighted by molar-refractivity contribution is 0.394. The largest absolute Gasteiger partial charge is 0.497 e. The molecule has 3 aromatic heterocycles. The van der Waals surface area contributed by atoms with E-state index in [4.69, 9.17) is 14.5 Å². The Morgan fingerprint density at radius 2 is 1.66 bits per heavy atom. The Morgan fingerprint density at radius 3 is 2.31 bits per heavy atom. The number of benzene rings is 2. The highest BCUT2D eigenvalue weighted by Gasteiger charge is 2.22. The number of aryl methyl sites for hydroxylation is 1. The Balaban J connectivity index is 1.66. The molecule has 0 N–H and O–H groups in total. The molecule has 0 saturated heterocycles. The summed E-state index contributed by atoms with van der Waals surface area (Å²) in [5.74, 6) is 1.41. The summed E-state index contributed by atoms with van der Waals surface area (Å²) in [6.45, 7) is 2.12. The molecule has 0 bridgehead atoms. The second kappa shape index (κ2) is 9.42. The SMILES string of the molecule is COc1cc(OC)cc(N(c2ccc3ncc(-c4cnn(C)c4)nc3c2)[C@H](C)c2ccccn2)c1. The van der Waals surface area contributed by atoms with Crippen LogP contribution in [0.25, 0.3) is 22.3 Å². The second-order valence-corrected chi connectivity index (χ2v) is 8.20. The Morgan fingerprint density at radius 1 is 0.857 bits per heavy atom. The molecule has 0 aliphatic heterocycles. The van der Waals surface area contributed by atoms with Gasteiger partial charge in [0.2, 0.25) is 0 Å². The molecule has 0 saturated carbocycles. The van der Waals surface area contributed by atoms with Crippen LogP contribution in [0.1, 0.15) is 18.7 Å². The molecule has 0 aliphatic rings. The lowest BCUT2D eigenvalue weighted by atomic mass is 10.1. The van der Waals surface area contributed by atoms with Crippen molar-refractivity contribution in [2.45, 2.75) is 13.0 Å². The van der Waals surface area contributed by atoms with E-state index in [1.165, 1.54) is 0 Å². The fourth-order valence-electron chi connectivity index (χ4n) is 4.13. The normalized spacial score (nSPS) is 11.9. The number of hydrogen-bond acceptors (Lipinski definition) is 7. The molecule has 5 aromatic rings. The third kappa shape index (κ3) is 4.50. The van der Waals surface area contributed by atoms with Crippen LogP contribution in [0.15, 0.2) is 79.4 Å². The topological polar surface area (TPSA) is 78.2 Å². The van der Waals surface area contributed by atoms with Crippen LogP contribution in [-0.4, -0.2) is 39.0 Å². The highest BCUT2D eigenvalue weighted by atomic mass is 16.5. The summed E-state index contributed by atoms with van der Waals surface area (Å²) in [6.07, 6.45) is 7.30. The van der Waals surface area contributed by atoms with Gasteiger partial charge < -0.3 is 14.4 Å². The van der Waals surface area contributed by atoms with Gasteiger partial charge in [-0.05, 0) is 37.3 Å². The van der Waals surface area contributed by atoms with Gasteiger partial charge in [-0.15, -0.1) is 0 Å². The maximum atomic E-state index is 5.55. The van der Waals surface area contributed by atoms with E-state index in [1.54, 1.807) is 31.3 Å². The van der Waals surface area contributed by atoms with Crippen LogP contribution < -0.4 is 14.4 Å². The molecule has 3 heterocycles. The molecule has 1 atom stereocenters. The molecular formula is C27H26N6O2. The number of anilines is 2. The molecule has 0 spiro atoms. The number of ether oxygens (including phenoxy) is 2. The van der Waals surface area contributed by atoms with Gasteiger partial charge in [0.15, 0.2) is 0 Å². The summed E-state index contributed by atoms with van der Waals surface area (Å²) in [6, 6.07) is 17.8. The predicted molar refractivity (Wildman–Crippen MR) is 136 cm³/mol. The molecule has 0 aliphatic carbocycles. The highest BCUT2D eigenvalue weighted by molar-refractivity contribution is 5.83. The highest BCUT2D eigenvalue weighted by Crippen LogP contribution is 2.39. The van der Waals surface area contributed by atoms with Crippen LogP contribution in [-0.2, 0) is 7.05 Å². The molecule has 0 amide bonds. The number of rotatable bonds is 7. The molecular weight excluding hydrogens is 440 g/mol. The van der Waals surface area contributed by atoms with Crippen molar-refractivity contribution in [2.24, 2.45) is 7.05 Å². The molecule has 5 rings (SSSR count). The van der Waals surface area contributed by atoms with Gasteiger partial charge in [0, 0.05) is 54.6 Å². The Hall–Kier alpha value is -4.46. The van der Waals surface area contributed by atoms with Crippen molar-refractivity contribution in [3.63, 3.8) is 0 Å². The van der Waals surface area contributed by atoms with Crippen molar-refractivity contribution in [3.05, 3.63) is 85.1 Å². The average Bonchev–Trinajstić information content (AvgIpc) is 3.34. The first-order valence-electron chi connectivity index (χ1n) is 11.2. The smallest absolute Gasteiger partial charge is 0.124 e. The fourth-order valence-corrected chi connectivity index (χ4v) is 4.13. The zero-order valence-electron chi connectivity index (χ0n) is 20.1. The van der Waals surface area contributed by atoms with Gasteiger partial charge in [-0.2, -0.15) is 5.10 Å². The van der Waals surface area contributed by atoms with Crippen LogP contribution in [0.5, 0.6) is 11.5 Å². The first-order chi connectivity index (χ1) is 17.1. The van der Waals surface area contributed by atoms with Crippen molar-refractivity contribution >= 4 is 22.4 Å². The fraction of sp³-hybridized carbons (Fsp3) is 0.185. The van der Waals surface area contributed by atoms with E-state index in [0.717, 1.165) is 39.4 Å². The molecule has 8 nitrogen and oxygen atoms in total. The number of methoxy groups -OCH3 is 2. The van der Waals surface area contributed by atoms with Crippen LogP contribution >= 0.6 is 0 Å². The lowest BCUT2D eigenvalue weighted by Crippen LogP contribution is -2.22. The molecule has 176 valence electrons. The summed E-state index contributed by atoms with van der Waals surface area (Å²) in [5.41, 5.74) is 6.09. The summed E-state index contributed by atoms with van der Waals surface area (Å²) < 4.78 is 12.9. The number of hydrogen-bond donors (Lipinski definition) is 0. The summed E-state index contributed by atoms with van der Waals surface area (Å²) >= 11 is 0. The third-order valence-corrected chi connectivity index (χ3v) is 5.92. The summed E-state index contributed by atoms with van der Waals surface area (Å²) in [5, 5.41) is 4.26. The third-order valence-electron chi connectivity index (χ3n) is 5.92. The number of fused-ring (bicyclic) bond motifs is 1. The number of pyridine rings is 1. The Bertz CT molecular complexity index is 1450. The van der Waals surface area contributed by atoms with E-state index in [2.05, 4.69) is 26.9 Å². The molecule has 0 radical (unpaired) electrons. The standard InChI is InChI=1S/C27H26N6O2/c1-18(24-7-5-6-10-28-24)33(21-11-22(34-3)14-23(12-21)35-4)20-8-9-25-26(13-20)31-27(16-29-25)19-15-30-32(2)17-19/h5-18H,1-4H3/t18-/m1/s1. The lowest BCUT2D eigenvalue weighted by Gasteiger charge is -2.32. The minimum Gasteiger partial charge on any atom is -0.497 e. The molecule has 0 unspecified atom stereocenters. The van der Waals surface area contributed by atoms with Crippen molar-refractivity contribution in [2.75, 3.05) is 19.1 Å². The minimum absolute atomic E-state index is 0.0834. The van der Waals surface area contributed by atoms with Gasteiger partial charge >= 0.3 is 0 Å². The zero-order valence-corrected chi connectivity index (χ0v) is 20.1. The van der Waals surface area contributed by atoms with E-state index in [9.17, 15) is 0 Å². The van der Waals surface area contributed by atoms with Gasteiger partial charge in [0.1, 0.15) is 11.5 Å². The first kappa shape index (κ1) is 22.3. The zero-order chi connectivity index (χ0) is 24.4. The maximum absolute atomic E-state index is 5.55. The number of aromatic nitrogens is 5. The van der Waals surface area contributed by atoms with Gasteiger partial charge in [-0.25, -0.2) is 4.98 Å². The van der Waals surface area contributed by atoms with E-state index < -0.39 is 0 Å². The van der Waals surface area contributed by atoms with E-state index >= 15 is 0 Å². The predicted octanol–water partition coefficient (Wildman–Crippen LogP) is 5.34. The Labute approximate surface area is 203 Å². The van der Waals surface area contributed by atoms with E-state index in [0.29, 0.717) is 11.5 Å². The molecule has 8 heteroatoms. The van der Waals surface area contributed by atoms with Crippen LogP contribution in [0.2, 0.25) is 0 Å². The minimum atomic E-state index is -0.0834. The molecule has 35 heavy (non-hydrogen) atoms. The van der Waals surface area contributed by atoms with Crippen molar-refractivity contribution in [1.29, 1.82) is 0 Å². The van der Waals surface area contributed by atoms with Crippen molar-refractivity contribution in [1.82, 2.24) is 24.7 Å². The first-order valence-corrected chi connectivity index (χ1v) is 11.2. The Kier molecular flexibility index (Phi) is 6.01. The summed E-state index contributed by atoms with van der Waals surface area (Å²) in [4.78, 5) is 16.3. The molecule has 0 fully saturated rings.